The quantitative estimate of drug-likeness (QED) is 0.179. The van der Waals surface area contributed by atoms with Gasteiger partial charge in [0.2, 0.25) is 0 Å². The smallest absolute Gasteiger partial charge is 0.164 e. The number of rotatable bonds is 3. The fraction of sp³-hybridized carbons (Fsp3) is 0. The van der Waals surface area contributed by atoms with Gasteiger partial charge in [-0.15, -0.1) is 0 Å². The molecule has 236 valence electrons. The van der Waals surface area contributed by atoms with E-state index < -0.39 is 0 Å². The predicted molar refractivity (Wildman–Crippen MR) is 211 cm³/mol. The number of nitrogens with zero attached hydrogens (tertiary/aromatic N) is 3. The van der Waals surface area contributed by atoms with E-state index in [0.717, 1.165) is 65.6 Å². The predicted octanol–water partition coefficient (Wildman–Crippen LogP) is 12.5. The summed E-state index contributed by atoms with van der Waals surface area (Å²) in [6.07, 6.45) is 0. The molecule has 9 aromatic carbocycles. The Labute approximate surface area is 292 Å². The molecule has 0 unspecified atom stereocenters. The Morgan fingerprint density at radius 1 is 0.314 bits per heavy atom. The molecule has 0 N–H and O–H groups in total. The lowest BCUT2D eigenvalue weighted by Gasteiger charge is -2.12. The van der Waals surface area contributed by atoms with Crippen LogP contribution in [0.4, 0.5) is 0 Å². The summed E-state index contributed by atoms with van der Waals surface area (Å²) in [5.41, 5.74) is 4.48. The van der Waals surface area contributed by atoms with Gasteiger partial charge in [0, 0.05) is 38.2 Å². The van der Waals surface area contributed by atoms with E-state index in [1.54, 1.807) is 0 Å². The second-order valence-electron chi connectivity index (χ2n) is 13.2. The van der Waals surface area contributed by atoms with E-state index >= 15 is 0 Å². The van der Waals surface area contributed by atoms with Crippen molar-refractivity contribution in [2.75, 3.05) is 0 Å². The first-order valence-electron chi connectivity index (χ1n) is 17.2. The molecular weight excluding hydrogens is 623 g/mol. The Bertz CT molecular complexity index is 3200. The molecule has 11 aromatic rings. The Morgan fingerprint density at radius 3 is 1.65 bits per heavy atom. The standard InChI is InChI=1S/C47H27N3O/c1-2-13-32(14-3-1)45-48-46(34-23-21-31-19-18-28-10-4-7-15-35(28)39(31)27-34)50-47(49-45)40-26-33-22-20-29-11-5-8-16-36(29)41(33)44-42(40)38-25-24-30-12-6-9-17-37(30)43(38)51-44/h1-27H. The molecule has 11 rings (SSSR count). The molecule has 0 saturated carbocycles. The summed E-state index contributed by atoms with van der Waals surface area (Å²) in [6.45, 7) is 0. The molecule has 0 aliphatic carbocycles. The van der Waals surface area contributed by atoms with Gasteiger partial charge in [0.05, 0.1) is 0 Å². The minimum Gasteiger partial charge on any atom is -0.455 e. The minimum absolute atomic E-state index is 0.604. The number of benzene rings is 9. The average molecular weight is 650 g/mol. The molecule has 4 heteroatoms. The van der Waals surface area contributed by atoms with E-state index in [-0.39, 0.29) is 0 Å². The number of furan rings is 1. The highest BCUT2D eigenvalue weighted by Gasteiger charge is 2.22. The Kier molecular flexibility index (Phi) is 5.92. The molecular formula is C47H27N3O. The Hall–Kier alpha value is -6.91. The highest BCUT2D eigenvalue weighted by molar-refractivity contribution is 6.28. The monoisotopic (exact) mass is 649 g/mol. The van der Waals surface area contributed by atoms with Crippen molar-refractivity contribution in [3.63, 3.8) is 0 Å². The van der Waals surface area contributed by atoms with Crippen molar-refractivity contribution in [3.8, 4) is 34.2 Å². The zero-order valence-electron chi connectivity index (χ0n) is 27.3. The molecule has 2 aromatic heterocycles. The first kappa shape index (κ1) is 28.0. The largest absolute Gasteiger partial charge is 0.455 e. The van der Waals surface area contributed by atoms with Gasteiger partial charge in [0.15, 0.2) is 17.5 Å². The summed E-state index contributed by atoms with van der Waals surface area (Å²) in [5.74, 6) is 1.85. The lowest BCUT2D eigenvalue weighted by molar-refractivity contribution is 0.677. The summed E-state index contributed by atoms with van der Waals surface area (Å²) in [4.78, 5) is 15.6. The van der Waals surface area contributed by atoms with Crippen LogP contribution in [0.5, 0.6) is 0 Å². The maximum atomic E-state index is 7.00. The van der Waals surface area contributed by atoms with Crippen LogP contribution in [0.15, 0.2) is 168 Å². The van der Waals surface area contributed by atoms with Gasteiger partial charge in [-0.05, 0) is 61.3 Å². The molecule has 0 atom stereocenters. The first-order chi connectivity index (χ1) is 25.3. The topological polar surface area (TPSA) is 51.8 Å². The van der Waals surface area contributed by atoms with Gasteiger partial charge in [0.25, 0.3) is 0 Å². The van der Waals surface area contributed by atoms with E-state index in [2.05, 4.69) is 146 Å². The number of fused-ring (bicyclic) bond motifs is 12. The van der Waals surface area contributed by atoms with Crippen LogP contribution in [0.2, 0.25) is 0 Å². The van der Waals surface area contributed by atoms with Crippen molar-refractivity contribution in [1.82, 2.24) is 15.0 Å². The van der Waals surface area contributed by atoms with Gasteiger partial charge >= 0.3 is 0 Å². The molecule has 0 aliphatic heterocycles. The second kappa shape index (κ2) is 10.8. The maximum absolute atomic E-state index is 7.00. The molecule has 51 heavy (non-hydrogen) atoms. The van der Waals surface area contributed by atoms with Crippen molar-refractivity contribution < 1.29 is 4.42 Å². The molecule has 4 nitrogen and oxygen atoms in total. The summed E-state index contributed by atoms with van der Waals surface area (Å²) >= 11 is 0. The van der Waals surface area contributed by atoms with Crippen molar-refractivity contribution >= 4 is 75.8 Å². The molecule has 0 bridgehead atoms. The van der Waals surface area contributed by atoms with E-state index in [1.807, 2.05) is 18.2 Å². The van der Waals surface area contributed by atoms with Gasteiger partial charge in [0.1, 0.15) is 11.2 Å². The molecule has 0 saturated heterocycles. The zero-order valence-corrected chi connectivity index (χ0v) is 27.3. The second-order valence-corrected chi connectivity index (χ2v) is 13.2. The summed E-state index contributed by atoms with van der Waals surface area (Å²) in [5, 5.41) is 13.5. The van der Waals surface area contributed by atoms with Crippen molar-refractivity contribution in [3.05, 3.63) is 164 Å². The molecule has 2 heterocycles. The Morgan fingerprint density at radius 2 is 0.863 bits per heavy atom. The van der Waals surface area contributed by atoms with Crippen LogP contribution in [-0.2, 0) is 0 Å². The molecule has 0 radical (unpaired) electrons. The van der Waals surface area contributed by atoms with Gasteiger partial charge < -0.3 is 4.42 Å². The van der Waals surface area contributed by atoms with Crippen LogP contribution < -0.4 is 0 Å². The van der Waals surface area contributed by atoms with E-state index in [1.165, 1.54) is 26.9 Å². The van der Waals surface area contributed by atoms with E-state index in [9.17, 15) is 0 Å². The fourth-order valence-electron chi connectivity index (χ4n) is 7.82. The van der Waals surface area contributed by atoms with Crippen LogP contribution in [0.1, 0.15) is 0 Å². The fourth-order valence-corrected chi connectivity index (χ4v) is 7.82. The van der Waals surface area contributed by atoms with Gasteiger partial charge in [-0.3, -0.25) is 0 Å². The van der Waals surface area contributed by atoms with Crippen LogP contribution in [-0.4, -0.2) is 15.0 Å². The zero-order chi connectivity index (χ0) is 33.5. The highest BCUT2D eigenvalue weighted by atomic mass is 16.3. The highest BCUT2D eigenvalue weighted by Crippen LogP contribution is 2.45. The maximum Gasteiger partial charge on any atom is 0.164 e. The lowest BCUT2D eigenvalue weighted by Crippen LogP contribution is -2.00. The molecule has 0 spiro atoms. The summed E-state index contributed by atoms with van der Waals surface area (Å²) in [7, 11) is 0. The number of aromatic nitrogens is 3. The van der Waals surface area contributed by atoms with Crippen molar-refractivity contribution in [2.45, 2.75) is 0 Å². The molecule has 0 aliphatic rings. The lowest BCUT2D eigenvalue weighted by atomic mass is 9.95. The number of hydrogen-bond acceptors (Lipinski definition) is 4. The third-order valence-electron chi connectivity index (χ3n) is 10.3. The van der Waals surface area contributed by atoms with Crippen LogP contribution in [0, 0.1) is 0 Å². The number of hydrogen-bond donors (Lipinski definition) is 0. The van der Waals surface area contributed by atoms with Crippen LogP contribution in [0.3, 0.4) is 0 Å². The normalized spacial score (nSPS) is 11.9. The van der Waals surface area contributed by atoms with E-state index in [4.69, 9.17) is 19.4 Å². The average Bonchev–Trinajstić information content (AvgIpc) is 3.60. The summed E-state index contributed by atoms with van der Waals surface area (Å²) in [6, 6.07) is 57.4. The Balaban J connectivity index is 1.26. The first-order valence-corrected chi connectivity index (χ1v) is 17.2. The summed E-state index contributed by atoms with van der Waals surface area (Å²) < 4.78 is 7.00. The third-order valence-corrected chi connectivity index (χ3v) is 10.3. The van der Waals surface area contributed by atoms with Gasteiger partial charge in [-0.1, -0.05) is 146 Å². The van der Waals surface area contributed by atoms with Crippen molar-refractivity contribution in [1.29, 1.82) is 0 Å². The van der Waals surface area contributed by atoms with Crippen LogP contribution in [0.25, 0.3) is 110 Å². The van der Waals surface area contributed by atoms with Gasteiger partial charge in [-0.2, -0.15) is 0 Å². The third kappa shape index (κ3) is 4.30. The minimum atomic E-state index is 0.604. The van der Waals surface area contributed by atoms with Gasteiger partial charge in [-0.25, -0.2) is 15.0 Å². The molecule has 0 amide bonds. The van der Waals surface area contributed by atoms with E-state index in [0.29, 0.717) is 17.5 Å². The van der Waals surface area contributed by atoms with Crippen LogP contribution >= 0.6 is 0 Å². The van der Waals surface area contributed by atoms with Crippen molar-refractivity contribution in [2.24, 2.45) is 0 Å². The SMILES string of the molecule is c1ccc(-c2nc(-c3ccc4ccc5ccccc5c4c3)nc(-c3cc4ccc5ccccc5c4c4oc5c6ccccc6ccc5c34)n2)cc1. The molecule has 0 fully saturated rings.